The molecule has 3 rings (SSSR count). The highest BCUT2D eigenvalue weighted by Crippen LogP contribution is 2.40. The molecule has 136 valence electrons. The van der Waals surface area contributed by atoms with Gasteiger partial charge in [0.2, 0.25) is 11.8 Å². The van der Waals surface area contributed by atoms with Gasteiger partial charge in [-0.1, -0.05) is 6.08 Å². The molecule has 8 nitrogen and oxygen atoms in total. The molecule has 0 aromatic carbocycles. The number of likely N-dealkylation sites (tertiary alicyclic amines) is 2. The predicted molar refractivity (Wildman–Crippen MR) is 89.3 cm³/mol. The minimum atomic E-state index is -0.772. The van der Waals surface area contributed by atoms with Crippen LogP contribution in [0.5, 0.6) is 0 Å². The molecule has 0 saturated carbocycles. The quantitative estimate of drug-likeness (QED) is 0.552. The first kappa shape index (κ1) is 17.4. The Bertz CT molecular complexity index is 610. The Morgan fingerprint density at radius 2 is 1.96 bits per heavy atom. The van der Waals surface area contributed by atoms with Crippen LogP contribution in [0.3, 0.4) is 0 Å². The summed E-state index contributed by atoms with van der Waals surface area (Å²) >= 11 is 0. The molecule has 0 aromatic heterocycles. The van der Waals surface area contributed by atoms with Crippen molar-refractivity contribution in [3.8, 4) is 0 Å². The number of carbonyl (C=O) groups is 4. The van der Waals surface area contributed by atoms with Crippen molar-refractivity contribution >= 4 is 23.8 Å². The fraction of sp³-hybridized carbons (Fsp3) is 0.647. The number of rotatable bonds is 4. The zero-order chi connectivity index (χ0) is 18.0. The first-order valence-electron chi connectivity index (χ1n) is 8.70. The molecule has 0 unspecified atom stereocenters. The zero-order valence-corrected chi connectivity index (χ0v) is 14.3. The molecule has 3 aliphatic rings. The second kappa shape index (κ2) is 6.85. The molecule has 5 amide bonds. The highest BCUT2D eigenvalue weighted by Gasteiger charge is 2.42. The number of hydrogen-bond acceptors (Lipinski definition) is 4. The molecule has 3 heterocycles. The van der Waals surface area contributed by atoms with Crippen LogP contribution in [-0.2, 0) is 14.4 Å². The van der Waals surface area contributed by atoms with Crippen LogP contribution in [0.2, 0.25) is 0 Å². The minimum Gasteiger partial charge on any atom is -0.343 e. The normalized spacial score (nSPS) is 25.8. The van der Waals surface area contributed by atoms with Gasteiger partial charge in [-0.2, -0.15) is 0 Å². The van der Waals surface area contributed by atoms with E-state index >= 15 is 0 Å². The lowest BCUT2D eigenvalue weighted by Crippen LogP contribution is -2.52. The van der Waals surface area contributed by atoms with Gasteiger partial charge in [0.15, 0.2) is 0 Å². The predicted octanol–water partition coefficient (Wildman–Crippen LogP) is 0.00170. The Balaban J connectivity index is 1.53. The number of carbonyl (C=O) groups excluding carboxylic acids is 4. The van der Waals surface area contributed by atoms with Gasteiger partial charge in [-0.15, -0.1) is 6.58 Å². The summed E-state index contributed by atoms with van der Waals surface area (Å²) < 4.78 is 0. The molecule has 3 saturated heterocycles. The number of hydrogen-bond donors (Lipinski definition) is 2. The summed E-state index contributed by atoms with van der Waals surface area (Å²) in [7, 11) is 0. The SMILES string of the molecule is C=CCN1CC2(CCC1=O)CCN(C(=O)C[C@H]1NC(=O)NC1=O)CC2. The summed E-state index contributed by atoms with van der Waals surface area (Å²) in [6.07, 6.45) is 4.85. The third-order valence-electron chi connectivity index (χ3n) is 5.51. The molecular formula is C17H24N4O4. The van der Waals surface area contributed by atoms with Gasteiger partial charge < -0.3 is 15.1 Å². The zero-order valence-electron chi connectivity index (χ0n) is 14.3. The number of urea groups is 1. The van der Waals surface area contributed by atoms with Crippen LogP contribution in [0.4, 0.5) is 4.79 Å². The van der Waals surface area contributed by atoms with Crippen molar-refractivity contribution in [2.75, 3.05) is 26.2 Å². The van der Waals surface area contributed by atoms with Crippen molar-refractivity contribution in [1.29, 1.82) is 0 Å². The summed E-state index contributed by atoms with van der Waals surface area (Å²) in [4.78, 5) is 50.7. The standard InChI is InChI=1S/C17H24N4O4/c1-2-7-21-11-17(4-3-13(21)22)5-8-20(9-6-17)14(23)10-12-15(24)19-16(25)18-12/h2,12H,1,3-11H2,(H2,18,19,24,25)/t12-/m1/s1. The first-order chi connectivity index (χ1) is 11.9. The maximum Gasteiger partial charge on any atom is 0.322 e. The monoisotopic (exact) mass is 348 g/mol. The lowest BCUT2D eigenvalue weighted by Gasteiger charge is -2.47. The maximum atomic E-state index is 12.4. The van der Waals surface area contributed by atoms with Crippen LogP contribution >= 0.6 is 0 Å². The van der Waals surface area contributed by atoms with E-state index in [-0.39, 0.29) is 23.7 Å². The van der Waals surface area contributed by atoms with E-state index < -0.39 is 18.0 Å². The summed E-state index contributed by atoms with van der Waals surface area (Å²) in [5.41, 5.74) is 0.0760. The molecule has 8 heteroatoms. The van der Waals surface area contributed by atoms with Crippen molar-refractivity contribution in [2.24, 2.45) is 5.41 Å². The third kappa shape index (κ3) is 3.67. The first-order valence-corrected chi connectivity index (χ1v) is 8.70. The molecule has 0 radical (unpaired) electrons. The van der Waals surface area contributed by atoms with Crippen LogP contribution in [0, 0.1) is 5.41 Å². The average Bonchev–Trinajstić information content (AvgIpc) is 2.89. The van der Waals surface area contributed by atoms with Gasteiger partial charge in [0, 0.05) is 32.6 Å². The van der Waals surface area contributed by atoms with E-state index in [2.05, 4.69) is 17.2 Å². The molecule has 3 aliphatic heterocycles. The van der Waals surface area contributed by atoms with Crippen LogP contribution in [0.1, 0.15) is 32.1 Å². The van der Waals surface area contributed by atoms with Gasteiger partial charge >= 0.3 is 6.03 Å². The molecule has 3 fully saturated rings. The van der Waals surface area contributed by atoms with E-state index in [1.807, 2.05) is 4.90 Å². The summed E-state index contributed by atoms with van der Waals surface area (Å²) in [5.74, 6) is -0.392. The number of nitrogens with zero attached hydrogens (tertiary/aromatic N) is 2. The number of nitrogens with one attached hydrogen (secondary N) is 2. The van der Waals surface area contributed by atoms with E-state index in [1.54, 1.807) is 11.0 Å². The smallest absolute Gasteiger partial charge is 0.322 e. The van der Waals surface area contributed by atoms with Gasteiger partial charge in [0.25, 0.3) is 5.91 Å². The van der Waals surface area contributed by atoms with Crippen molar-refractivity contribution in [2.45, 2.75) is 38.1 Å². The maximum absolute atomic E-state index is 12.4. The van der Waals surface area contributed by atoms with Gasteiger partial charge in [0.1, 0.15) is 6.04 Å². The van der Waals surface area contributed by atoms with Crippen molar-refractivity contribution in [3.63, 3.8) is 0 Å². The lowest BCUT2D eigenvalue weighted by atomic mass is 9.72. The topological polar surface area (TPSA) is 98.8 Å². The molecule has 1 atom stereocenters. The molecule has 25 heavy (non-hydrogen) atoms. The van der Waals surface area contributed by atoms with Crippen LogP contribution < -0.4 is 10.6 Å². The molecule has 0 bridgehead atoms. The largest absolute Gasteiger partial charge is 0.343 e. The van der Waals surface area contributed by atoms with E-state index in [0.717, 1.165) is 25.8 Å². The molecule has 1 spiro atoms. The Hall–Kier alpha value is -2.38. The molecule has 0 aromatic rings. The Morgan fingerprint density at radius 3 is 2.56 bits per heavy atom. The summed E-state index contributed by atoms with van der Waals surface area (Å²) in [6.45, 7) is 6.25. The minimum absolute atomic E-state index is 0.00829. The second-order valence-corrected chi connectivity index (χ2v) is 7.16. The van der Waals surface area contributed by atoms with Gasteiger partial charge in [-0.25, -0.2) is 4.79 Å². The molecule has 0 aliphatic carbocycles. The Kier molecular flexibility index (Phi) is 4.78. The van der Waals surface area contributed by atoms with E-state index in [4.69, 9.17) is 0 Å². The highest BCUT2D eigenvalue weighted by molar-refractivity contribution is 6.05. The number of amides is 5. The van der Waals surface area contributed by atoms with Crippen molar-refractivity contribution in [3.05, 3.63) is 12.7 Å². The van der Waals surface area contributed by atoms with Crippen LogP contribution in [0.25, 0.3) is 0 Å². The van der Waals surface area contributed by atoms with Crippen molar-refractivity contribution < 1.29 is 19.2 Å². The number of piperidine rings is 2. The Labute approximate surface area is 146 Å². The fourth-order valence-corrected chi connectivity index (χ4v) is 3.97. The van der Waals surface area contributed by atoms with E-state index in [9.17, 15) is 19.2 Å². The van der Waals surface area contributed by atoms with Gasteiger partial charge in [-0.05, 0) is 24.7 Å². The third-order valence-corrected chi connectivity index (χ3v) is 5.51. The summed E-state index contributed by atoms with van der Waals surface area (Å²) in [6, 6.07) is -1.32. The average molecular weight is 348 g/mol. The van der Waals surface area contributed by atoms with Gasteiger partial charge in [0.05, 0.1) is 6.42 Å². The molecular weight excluding hydrogens is 324 g/mol. The number of imide groups is 1. The second-order valence-electron chi connectivity index (χ2n) is 7.16. The fourth-order valence-electron chi connectivity index (χ4n) is 3.97. The highest BCUT2D eigenvalue weighted by atomic mass is 16.2. The summed E-state index contributed by atoms with van der Waals surface area (Å²) in [5, 5.41) is 4.59. The van der Waals surface area contributed by atoms with E-state index in [1.165, 1.54) is 0 Å². The lowest BCUT2D eigenvalue weighted by molar-refractivity contribution is -0.142. The van der Waals surface area contributed by atoms with Crippen LogP contribution in [-0.4, -0.2) is 65.8 Å². The van der Waals surface area contributed by atoms with Crippen molar-refractivity contribution in [1.82, 2.24) is 20.4 Å². The van der Waals surface area contributed by atoms with E-state index in [0.29, 0.717) is 26.1 Å². The Morgan fingerprint density at radius 1 is 1.24 bits per heavy atom. The van der Waals surface area contributed by atoms with Gasteiger partial charge in [-0.3, -0.25) is 19.7 Å². The molecule has 2 N–H and O–H groups in total. The van der Waals surface area contributed by atoms with Crippen LogP contribution in [0.15, 0.2) is 12.7 Å².